The van der Waals surface area contributed by atoms with Crippen LogP contribution in [-0.2, 0) is 10.0 Å². The molecule has 0 N–H and O–H groups in total. The molecule has 0 aliphatic carbocycles. The molecule has 1 amide bonds. The van der Waals surface area contributed by atoms with E-state index in [0.29, 0.717) is 30.4 Å². The first-order valence-corrected chi connectivity index (χ1v) is 11.9. The highest BCUT2D eigenvalue weighted by Gasteiger charge is 2.27. The third-order valence-electron chi connectivity index (χ3n) is 4.91. The van der Waals surface area contributed by atoms with Crippen LogP contribution in [0, 0.1) is 0 Å². The molecule has 7 heteroatoms. The first-order valence-electron chi connectivity index (χ1n) is 9.56. The van der Waals surface area contributed by atoms with Crippen LogP contribution >= 0.6 is 11.8 Å². The highest BCUT2D eigenvalue weighted by molar-refractivity contribution is 8.00. The lowest BCUT2D eigenvalue weighted by Gasteiger charge is -2.23. The lowest BCUT2D eigenvalue weighted by Crippen LogP contribution is -2.33. The van der Waals surface area contributed by atoms with E-state index in [9.17, 15) is 13.2 Å². The van der Waals surface area contributed by atoms with Crippen LogP contribution in [0.25, 0.3) is 0 Å². The van der Waals surface area contributed by atoms with E-state index < -0.39 is 10.0 Å². The Hall–Kier alpha value is -1.83. The molecule has 0 aromatic heterocycles. The Morgan fingerprint density at radius 2 is 1.86 bits per heavy atom. The van der Waals surface area contributed by atoms with Gasteiger partial charge in [0, 0.05) is 35.3 Å². The molecule has 0 fully saturated rings. The van der Waals surface area contributed by atoms with Gasteiger partial charge in [0.2, 0.25) is 10.0 Å². The van der Waals surface area contributed by atoms with E-state index in [2.05, 4.69) is 6.92 Å². The summed E-state index contributed by atoms with van der Waals surface area (Å²) in [5, 5.41) is 0.410. The number of rotatable bonds is 5. The second-order valence-electron chi connectivity index (χ2n) is 6.76. The molecule has 0 unspecified atom stereocenters. The third kappa shape index (κ3) is 4.11. The van der Waals surface area contributed by atoms with E-state index in [1.54, 1.807) is 34.9 Å². The lowest BCUT2D eigenvalue weighted by atomic mass is 10.1. The zero-order chi connectivity index (χ0) is 20.3. The van der Waals surface area contributed by atoms with Crippen LogP contribution in [0.2, 0.25) is 0 Å². The van der Waals surface area contributed by atoms with E-state index in [1.165, 1.54) is 10.4 Å². The van der Waals surface area contributed by atoms with E-state index in [-0.39, 0.29) is 10.8 Å². The molecule has 28 heavy (non-hydrogen) atoms. The zero-order valence-electron chi connectivity index (χ0n) is 16.5. The van der Waals surface area contributed by atoms with Crippen molar-refractivity contribution in [2.45, 2.75) is 42.2 Å². The quantitative estimate of drug-likeness (QED) is 0.728. The van der Waals surface area contributed by atoms with Crippen molar-refractivity contribution in [1.29, 1.82) is 0 Å². The van der Waals surface area contributed by atoms with Crippen molar-refractivity contribution in [3.8, 4) is 0 Å². The highest BCUT2D eigenvalue weighted by Crippen LogP contribution is 2.37. The molecule has 5 nitrogen and oxygen atoms in total. The van der Waals surface area contributed by atoms with Gasteiger partial charge in [0.05, 0.1) is 10.6 Å². The van der Waals surface area contributed by atoms with E-state index in [0.717, 1.165) is 17.0 Å². The fourth-order valence-electron chi connectivity index (χ4n) is 3.36. The molecule has 1 heterocycles. The molecule has 0 saturated heterocycles. The maximum atomic E-state index is 13.3. The first kappa shape index (κ1) is 20.9. The van der Waals surface area contributed by atoms with Crippen molar-refractivity contribution >= 4 is 33.4 Å². The van der Waals surface area contributed by atoms with Crippen LogP contribution < -0.4 is 4.90 Å². The molecular formula is C21H26N2O3S2. The molecule has 150 valence electrons. The van der Waals surface area contributed by atoms with Crippen LogP contribution in [0.1, 0.15) is 37.6 Å². The van der Waals surface area contributed by atoms with Gasteiger partial charge in [-0.25, -0.2) is 8.42 Å². The Morgan fingerprint density at radius 1 is 1.14 bits per heavy atom. The summed E-state index contributed by atoms with van der Waals surface area (Å²) in [5.41, 5.74) is 1.28. The van der Waals surface area contributed by atoms with Gasteiger partial charge in [-0.15, -0.1) is 11.8 Å². The standard InChI is InChI=1S/C21H26N2O3S2/c1-4-22(5-2)28(25,26)18-10-8-9-17(15-18)21(24)23-14-13-16(3)27-20-12-7-6-11-19(20)23/h6-12,15-16H,4-5,13-14H2,1-3H3/t16-/m1/s1. The number of nitrogens with zero attached hydrogens (tertiary/aromatic N) is 2. The van der Waals surface area contributed by atoms with Gasteiger partial charge < -0.3 is 4.90 Å². The monoisotopic (exact) mass is 418 g/mol. The van der Waals surface area contributed by atoms with Gasteiger partial charge in [-0.05, 0) is 36.8 Å². The van der Waals surface area contributed by atoms with E-state index >= 15 is 0 Å². The van der Waals surface area contributed by atoms with Crippen molar-refractivity contribution in [1.82, 2.24) is 4.31 Å². The minimum atomic E-state index is -3.61. The molecule has 1 atom stereocenters. The average Bonchev–Trinajstić information content (AvgIpc) is 2.86. The second kappa shape index (κ2) is 8.68. The van der Waals surface area contributed by atoms with Gasteiger partial charge in [-0.3, -0.25) is 4.79 Å². The fourth-order valence-corrected chi connectivity index (χ4v) is 5.97. The number of carbonyl (C=O) groups is 1. The number of carbonyl (C=O) groups excluding carboxylic acids is 1. The summed E-state index contributed by atoms with van der Waals surface area (Å²) in [7, 11) is -3.61. The SMILES string of the molecule is CCN(CC)S(=O)(=O)c1cccc(C(=O)N2CC[C@@H](C)Sc3ccccc32)c1. The van der Waals surface area contributed by atoms with E-state index in [1.807, 2.05) is 38.1 Å². The Labute approximate surface area is 171 Å². The number of fused-ring (bicyclic) bond motifs is 1. The Morgan fingerprint density at radius 3 is 2.57 bits per heavy atom. The van der Waals surface area contributed by atoms with Gasteiger partial charge in [0.1, 0.15) is 0 Å². The van der Waals surface area contributed by atoms with Crippen molar-refractivity contribution in [3.63, 3.8) is 0 Å². The molecule has 2 aromatic carbocycles. The van der Waals surface area contributed by atoms with Crippen molar-refractivity contribution in [3.05, 3.63) is 54.1 Å². The third-order valence-corrected chi connectivity index (χ3v) is 8.20. The summed E-state index contributed by atoms with van der Waals surface area (Å²) in [5.74, 6) is -0.168. The van der Waals surface area contributed by atoms with Gasteiger partial charge in [-0.2, -0.15) is 4.31 Å². The van der Waals surface area contributed by atoms with E-state index in [4.69, 9.17) is 0 Å². The van der Waals surface area contributed by atoms with Crippen LogP contribution in [0.4, 0.5) is 5.69 Å². The number of hydrogen-bond donors (Lipinski definition) is 0. The van der Waals surface area contributed by atoms with Gasteiger partial charge in [0.25, 0.3) is 5.91 Å². The normalized spacial score (nSPS) is 17.3. The molecule has 0 spiro atoms. The van der Waals surface area contributed by atoms with Crippen LogP contribution in [0.3, 0.4) is 0 Å². The highest BCUT2D eigenvalue weighted by atomic mass is 32.2. The van der Waals surface area contributed by atoms with Crippen LogP contribution in [-0.4, -0.2) is 43.5 Å². The minimum absolute atomic E-state index is 0.160. The number of amides is 1. The molecular weight excluding hydrogens is 392 g/mol. The zero-order valence-corrected chi connectivity index (χ0v) is 18.1. The summed E-state index contributed by atoms with van der Waals surface area (Å²) >= 11 is 1.77. The number of hydrogen-bond acceptors (Lipinski definition) is 4. The maximum absolute atomic E-state index is 13.3. The predicted octanol–water partition coefficient (Wildman–Crippen LogP) is 4.25. The Kier molecular flexibility index (Phi) is 6.47. The number of benzene rings is 2. The summed E-state index contributed by atoms with van der Waals surface area (Å²) in [6, 6.07) is 14.3. The Bertz CT molecular complexity index is 956. The Balaban J connectivity index is 1.98. The van der Waals surface area contributed by atoms with Crippen molar-refractivity contribution in [2.24, 2.45) is 0 Å². The van der Waals surface area contributed by atoms with Gasteiger partial charge >= 0.3 is 0 Å². The number of para-hydroxylation sites is 1. The maximum Gasteiger partial charge on any atom is 0.258 e. The van der Waals surface area contributed by atoms with Gasteiger partial charge in [0.15, 0.2) is 0 Å². The van der Waals surface area contributed by atoms with Crippen LogP contribution in [0.15, 0.2) is 58.3 Å². The first-order chi connectivity index (χ1) is 13.4. The molecule has 2 aromatic rings. The average molecular weight is 419 g/mol. The predicted molar refractivity (Wildman–Crippen MR) is 115 cm³/mol. The van der Waals surface area contributed by atoms with Crippen molar-refractivity contribution < 1.29 is 13.2 Å². The topological polar surface area (TPSA) is 57.7 Å². The van der Waals surface area contributed by atoms with Gasteiger partial charge in [-0.1, -0.05) is 39.0 Å². The number of thioether (sulfide) groups is 1. The largest absolute Gasteiger partial charge is 0.307 e. The summed E-state index contributed by atoms with van der Waals surface area (Å²) < 4.78 is 27.1. The molecule has 0 radical (unpaired) electrons. The molecule has 3 rings (SSSR count). The minimum Gasteiger partial charge on any atom is -0.307 e. The molecule has 0 bridgehead atoms. The number of anilines is 1. The molecule has 0 saturated carbocycles. The lowest BCUT2D eigenvalue weighted by molar-refractivity contribution is 0.0986. The molecule has 1 aliphatic heterocycles. The summed E-state index contributed by atoms with van der Waals surface area (Å²) in [6.45, 7) is 7.17. The van der Waals surface area contributed by atoms with Crippen LogP contribution in [0.5, 0.6) is 0 Å². The summed E-state index contributed by atoms with van der Waals surface area (Å²) in [6.07, 6.45) is 0.878. The fraction of sp³-hybridized carbons (Fsp3) is 0.381. The van der Waals surface area contributed by atoms with Crippen molar-refractivity contribution in [2.75, 3.05) is 24.5 Å². The number of sulfonamides is 1. The smallest absolute Gasteiger partial charge is 0.258 e. The second-order valence-corrected chi connectivity index (χ2v) is 10.2. The molecule has 1 aliphatic rings. The summed E-state index contributed by atoms with van der Waals surface area (Å²) in [4.78, 5) is 16.3.